The third-order valence-corrected chi connectivity index (χ3v) is 7.15. The van der Waals surface area contributed by atoms with Crippen LogP contribution in [-0.4, -0.2) is 63.4 Å². The minimum atomic E-state index is 0.676. The Hall–Kier alpha value is -3.40. The largest absolute Gasteiger partial charge is 0.378 e. The van der Waals surface area contributed by atoms with Crippen LogP contribution in [0, 0.1) is 0 Å². The van der Waals surface area contributed by atoms with Crippen molar-refractivity contribution in [3.8, 4) is 11.4 Å². The van der Waals surface area contributed by atoms with Crippen LogP contribution in [0.4, 0.5) is 5.82 Å². The zero-order valence-corrected chi connectivity index (χ0v) is 19.8. The van der Waals surface area contributed by atoms with Crippen LogP contribution in [0.3, 0.4) is 0 Å². The maximum atomic E-state index is 5.60. The van der Waals surface area contributed by atoms with E-state index in [2.05, 4.69) is 68.4 Å². The molecule has 1 saturated heterocycles. The maximum Gasteiger partial charge on any atom is 0.164 e. The molecule has 1 aliphatic heterocycles. The number of morpholine rings is 1. The Bertz CT molecular complexity index is 1430. The number of H-pyrrole nitrogens is 1. The molecule has 1 aliphatic rings. The Labute approximate surface area is 201 Å². The van der Waals surface area contributed by atoms with Crippen LogP contribution in [0.1, 0.15) is 10.4 Å². The number of aromatic amines is 1. The van der Waals surface area contributed by atoms with E-state index in [-0.39, 0.29) is 0 Å². The summed E-state index contributed by atoms with van der Waals surface area (Å²) in [5.74, 6) is 1.65. The van der Waals surface area contributed by atoms with Gasteiger partial charge in [-0.3, -0.25) is 15.0 Å². The van der Waals surface area contributed by atoms with E-state index in [1.54, 1.807) is 17.5 Å². The minimum Gasteiger partial charge on any atom is -0.378 e. The van der Waals surface area contributed by atoms with Crippen molar-refractivity contribution >= 4 is 38.3 Å². The van der Waals surface area contributed by atoms with Gasteiger partial charge in [-0.15, -0.1) is 11.3 Å². The van der Waals surface area contributed by atoms with Gasteiger partial charge in [0.1, 0.15) is 0 Å². The molecule has 0 saturated carbocycles. The average molecular weight is 472 g/mol. The fraction of sp³-hybridized carbons (Fsp3) is 0.280. The number of nitrogens with zero attached hydrogens (tertiary/aromatic N) is 6. The highest BCUT2D eigenvalue weighted by Gasteiger charge is 2.21. The van der Waals surface area contributed by atoms with Crippen LogP contribution in [0.2, 0.25) is 0 Å². The molecule has 0 spiro atoms. The van der Waals surface area contributed by atoms with Crippen LogP contribution in [0.5, 0.6) is 0 Å². The molecule has 0 amide bonds. The van der Waals surface area contributed by atoms with Crippen molar-refractivity contribution < 1.29 is 4.74 Å². The summed E-state index contributed by atoms with van der Waals surface area (Å²) < 4.78 is 6.73. The van der Waals surface area contributed by atoms with Crippen molar-refractivity contribution in [2.75, 3.05) is 38.3 Å². The summed E-state index contributed by atoms with van der Waals surface area (Å²) in [6.07, 6.45) is 5.41. The fourth-order valence-corrected chi connectivity index (χ4v) is 5.61. The van der Waals surface area contributed by atoms with Crippen LogP contribution >= 0.6 is 11.3 Å². The van der Waals surface area contributed by atoms with E-state index in [1.807, 2.05) is 12.4 Å². The molecule has 1 N–H and O–H groups in total. The van der Waals surface area contributed by atoms with Gasteiger partial charge in [0, 0.05) is 48.2 Å². The van der Waals surface area contributed by atoms with E-state index < -0.39 is 0 Å². The van der Waals surface area contributed by atoms with Gasteiger partial charge in [0.25, 0.3) is 0 Å². The van der Waals surface area contributed by atoms with Gasteiger partial charge < -0.3 is 9.64 Å². The first-order valence-corrected chi connectivity index (χ1v) is 12.2. The van der Waals surface area contributed by atoms with Crippen molar-refractivity contribution in [2.24, 2.45) is 0 Å². The summed E-state index contributed by atoms with van der Waals surface area (Å²) in [6, 6.07) is 12.8. The molecule has 1 fully saturated rings. The predicted octanol–water partition coefficient (Wildman–Crippen LogP) is 4.10. The number of thiophene rings is 1. The SMILES string of the molecule is CN(Cc1ccccc1)Cc1cc2nc(-c3cncc4[nH]ncc34)nc(N3CCOCC3)c2s1. The fourth-order valence-electron chi connectivity index (χ4n) is 4.41. The third kappa shape index (κ3) is 4.13. The molecular formula is C25H25N7OS. The number of aromatic nitrogens is 5. The topological polar surface area (TPSA) is 83.1 Å². The molecule has 172 valence electrons. The van der Waals surface area contributed by atoms with Crippen LogP contribution in [0.25, 0.3) is 32.5 Å². The summed E-state index contributed by atoms with van der Waals surface area (Å²) in [5, 5.41) is 8.15. The molecule has 0 aliphatic carbocycles. The lowest BCUT2D eigenvalue weighted by Crippen LogP contribution is -2.36. The van der Waals surface area contributed by atoms with Crippen molar-refractivity contribution in [2.45, 2.75) is 13.1 Å². The number of ether oxygens (including phenoxy) is 1. The number of hydrogen-bond acceptors (Lipinski definition) is 8. The molecule has 0 atom stereocenters. The number of rotatable bonds is 6. The van der Waals surface area contributed by atoms with Gasteiger partial charge >= 0.3 is 0 Å². The molecule has 0 bridgehead atoms. The van der Waals surface area contributed by atoms with Gasteiger partial charge in [-0.2, -0.15) is 5.10 Å². The van der Waals surface area contributed by atoms with E-state index in [9.17, 15) is 0 Å². The van der Waals surface area contributed by atoms with Gasteiger partial charge in [0.15, 0.2) is 11.6 Å². The number of pyridine rings is 1. The number of benzene rings is 1. The molecule has 0 radical (unpaired) electrons. The molecule has 1 aromatic carbocycles. The zero-order valence-electron chi connectivity index (χ0n) is 18.9. The highest BCUT2D eigenvalue weighted by Crippen LogP contribution is 2.36. The molecule has 9 heteroatoms. The Morgan fingerprint density at radius 3 is 2.76 bits per heavy atom. The van der Waals surface area contributed by atoms with Gasteiger partial charge in [-0.05, 0) is 18.7 Å². The Morgan fingerprint density at radius 2 is 1.91 bits per heavy atom. The first-order valence-electron chi connectivity index (χ1n) is 11.4. The summed E-state index contributed by atoms with van der Waals surface area (Å²) in [7, 11) is 2.16. The van der Waals surface area contributed by atoms with Crippen LogP contribution < -0.4 is 4.90 Å². The predicted molar refractivity (Wildman–Crippen MR) is 135 cm³/mol. The number of nitrogens with one attached hydrogen (secondary N) is 1. The van der Waals surface area contributed by atoms with Gasteiger partial charge in [0.2, 0.25) is 0 Å². The summed E-state index contributed by atoms with van der Waals surface area (Å²) in [5.41, 5.74) is 4.04. The van der Waals surface area contributed by atoms with E-state index in [1.165, 1.54) is 10.4 Å². The molecule has 0 unspecified atom stereocenters. The molecule has 8 nitrogen and oxygen atoms in total. The standard InChI is InChI=1S/C25H25N7OS/c1-31(15-17-5-3-2-4-6-17)16-18-11-21-23(34-18)25(32-7-9-33-10-8-32)29-24(28-21)20-12-26-14-22-19(20)13-27-30-22/h2-6,11-14H,7-10,15-16H2,1H3,(H,27,30). The molecule has 5 heterocycles. The van der Waals surface area contributed by atoms with E-state index in [0.29, 0.717) is 19.0 Å². The monoisotopic (exact) mass is 471 g/mol. The summed E-state index contributed by atoms with van der Waals surface area (Å²) >= 11 is 1.78. The smallest absolute Gasteiger partial charge is 0.164 e. The van der Waals surface area contributed by atoms with Gasteiger partial charge in [-0.25, -0.2) is 9.97 Å². The Kier molecular flexibility index (Phi) is 5.66. The lowest BCUT2D eigenvalue weighted by atomic mass is 10.2. The van der Waals surface area contributed by atoms with Crippen molar-refractivity contribution in [1.82, 2.24) is 30.0 Å². The summed E-state index contributed by atoms with van der Waals surface area (Å²) in [4.78, 5) is 20.3. The van der Waals surface area contributed by atoms with E-state index >= 15 is 0 Å². The molecule has 6 rings (SSSR count). The molecule has 4 aromatic heterocycles. The average Bonchev–Trinajstić information content (AvgIpc) is 3.51. The lowest BCUT2D eigenvalue weighted by molar-refractivity contribution is 0.122. The minimum absolute atomic E-state index is 0.676. The van der Waals surface area contributed by atoms with E-state index in [4.69, 9.17) is 14.7 Å². The normalized spacial score (nSPS) is 14.5. The molecular weight excluding hydrogens is 446 g/mol. The quantitative estimate of drug-likeness (QED) is 0.399. The Morgan fingerprint density at radius 1 is 1.06 bits per heavy atom. The second kappa shape index (κ2) is 9.09. The zero-order chi connectivity index (χ0) is 22.9. The summed E-state index contributed by atoms with van der Waals surface area (Å²) in [6.45, 7) is 4.81. The van der Waals surface area contributed by atoms with Crippen molar-refractivity contribution in [1.29, 1.82) is 0 Å². The highest BCUT2D eigenvalue weighted by atomic mass is 32.1. The maximum absolute atomic E-state index is 5.60. The highest BCUT2D eigenvalue weighted by molar-refractivity contribution is 7.19. The van der Waals surface area contributed by atoms with Gasteiger partial charge in [0.05, 0.1) is 41.3 Å². The Balaban J connectivity index is 1.39. The molecule has 34 heavy (non-hydrogen) atoms. The molecule has 5 aromatic rings. The van der Waals surface area contributed by atoms with Crippen molar-refractivity contribution in [3.63, 3.8) is 0 Å². The van der Waals surface area contributed by atoms with Crippen molar-refractivity contribution in [3.05, 3.63) is 65.4 Å². The lowest BCUT2D eigenvalue weighted by Gasteiger charge is -2.28. The number of fused-ring (bicyclic) bond motifs is 2. The first-order chi connectivity index (χ1) is 16.7. The second-order valence-electron chi connectivity index (χ2n) is 8.57. The number of anilines is 1. The third-order valence-electron chi connectivity index (χ3n) is 6.04. The second-order valence-corrected chi connectivity index (χ2v) is 9.71. The van der Waals surface area contributed by atoms with Gasteiger partial charge in [-0.1, -0.05) is 30.3 Å². The van der Waals surface area contributed by atoms with Crippen LogP contribution in [-0.2, 0) is 17.8 Å². The van der Waals surface area contributed by atoms with Crippen LogP contribution in [0.15, 0.2) is 55.0 Å². The first kappa shape index (κ1) is 21.2. The number of hydrogen-bond donors (Lipinski definition) is 1. The van der Waals surface area contributed by atoms with E-state index in [0.717, 1.165) is 58.7 Å².